The standard InChI is InChI=1S/C17H23NO4/c1-16(2,3)12-6-4-5-7-13(12)17-8-9-18(15(19)20)10-14(17)21-11-22-17/h4-7,14H,8-11H2,1-3H3,(H,19,20)/t14-,17-/m1/s1. The third-order valence-electron chi connectivity index (χ3n) is 4.71. The normalized spacial score (nSPS) is 28.5. The summed E-state index contributed by atoms with van der Waals surface area (Å²) in [5, 5.41) is 9.23. The molecule has 22 heavy (non-hydrogen) atoms. The molecule has 3 rings (SSSR count). The second-order valence-corrected chi connectivity index (χ2v) is 7.08. The molecule has 0 radical (unpaired) electrons. The lowest BCUT2D eigenvalue weighted by atomic mass is 9.74. The van der Waals surface area contributed by atoms with Gasteiger partial charge in [-0.1, -0.05) is 45.0 Å². The first-order valence-electron chi connectivity index (χ1n) is 7.68. The van der Waals surface area contributed by atoms with Gasteiger partial charge in [0.25, 0.3) is 0 Å². The van der Waals surface area contributed by atoms with Crippen molar-refractivity contribution in [1.82, 2.24) is 4.90 Å². The van der Waals surface area contributed by atoms with Crippen LogP contribution in [0, 0.1) is 0 Å². The maximum atomic E-state index is 11.2. The smallest absolute Gasteiger partial charge is 0.407 e. The zero-order valence-corrected chi connectivity index (χ0v) is 13.3. The van der Waals surface area contributed by atoms with E-state index in [2.05, 4.69) is 32.9 Å². The number of fused-ring (bicyclic) bond motifs is 1. The van der Waals surface area contributed by atoms with E-state index in [1.165, 1.54) is 10.5 Å². The molecule has 2 fully saturated rings. The van der Waals surface area contributed by atoms with E-state index in [9.17, 15) is 9.90 Å². The van der Waals surface area contributed by atoms with Crippen molar-refractivity contribution in [3.8, 4) is 0 Å². The van der Waals surface area contributed by atoms with Crippen molar-refractivity contribution >= 4 is 6.09 Å². The highest BCUT2D eigenvalue weighted by atomic mass is 16.7. The Balaban J connectivity index is 2.02. The summed E-state index contributed by atoms with van der Waals surface area (Å²) in [6, 6.07) is 8.28. The molecular formula is C17H23NO4. The fraction of sp³-hybridized carbons (Fsp3) is 0.588. The summed E-state index contributed by atoms with van der Waals surface area (Å²) in [6.07, 6.45) is -0.522. The Hall–Kier alpha value is -1.59. The molecule has 0 unspecified atom stereocenters. The Labute approximate surface area is 130 Å². The predicted octanol–water partition coefficient (Wildman–Crippen LogP) is 2.94. The highest BCUT2D eigenvalue weighted by Gasteiger charge is 2.52. The highest BCUT2D eigenvalue weighted by Crippen LogP contribution is 2.45. The van der Waals surface area contributed by atoms with Crippen LogP contribution in [0.3, 0.4) is 0 Å². The van der Waals surface area contributed by atoms with Crippen molar-refractivity contribution in [3.63, 3.8) is 0 Å². The molecule has 0 saturated carbocycles. The SMILES string of the molecule is CC(C)(C)c1ccccc1[C@]12CCN(C(=O)O)C[C@H]1OCO2. The van der Waals surface area contributed by atoms with Gasteiger partial charge in [-0.3, -0.25) is 0 Å². The zero-order valence-electron chi connectivity index (χ0n) is 13.3. The van der Waals surface area contributed by atoms with Crippen LogP contribution < -0.4 is 0 Å². The summed E-state index contributed by atoms with van der Waals surface area (Å²) < 4.78 is 11.8. The number of nitrogens with zero attached hydrogens (tertiary/aromatic N) is 1. The summed E-state index contributed by atoms with van der Waals surface area (Å²) in [6.45, 7) is 7.58. The van der Waals surface area contributed by atoms with Crippen molar-refractivity contribution in [2.75, 3.05) is 19.9 Å². The van der Waals surface area contributed by atoms with Crippen molar-refractivity contribution in [2.24, 2.45) is 0 Å². The van der Waals surface area contributed by atoms with Crippen LogP contribution in [-0.4, -0.2) is 42.1 Å². The van der Waals surface area contributed by atoms with Crippen LogP contribution in [-0.2, 0) is 20.5 Å². The molecule has 1 aromatic rings. The summed E-state index contributed by atoms with van der Waals surface area (Å²) >= 11 is 0. The number of benzene rings is 1. The van der Waals surface area contributed by atoms with Gasteiger partial charge in [-0.15, -0.1) is 0 Å². The molecule has 5 heteroatoms. The molecule has 0 spiro atoms. The number of hydrogen-bond donors (Lipinski definition) is 1. The van der Waals surface area contributed by atoms with Crippen molar-refractivity contribution in [1.29, 1.82) is 0 Å². The van der Waals surface area contributed by atoms with E-state index < -0.39 is 11.7 Å². The van der Waals surface area contributed by atoms with E-state index in [-0.39, 0.29) is 18.3 Å². The average Bonchev–Trinajstić information content (AvgIpc) is 2.90. The Morgan fingerprint density at radius 2 is 2.09 bits per heavy atom. The second-order valence-electron chi connectivity index (χ2n) is 7.08. The summed E-state index contributed by atoms with van der Waals surface area (Å²) in [7, 11) is 0. The topological polar surface area (TPSA) is 59.0 Å². The number of ether oxygens (including phenoxy) is 2. The van der Waals surface area contributed by atoms with Crippen molar-refractivity contribution < 1.29 is 19.4 Å². The van der Waals surface area contributed by atoms with E-state index in [1.807, 2.05) is 12.1 Å². The largest absolute Gasteiger partial charge is 0.465 e. The third kappa shape index (κ3) is 2.38. The number of hydrogen-bond acceptors (Lipinski definition) is 3. The molecule has 0 aromatic heterocycles. The van der Waals surface area contributed by atoms with Crippen molar-refractivity contribution in [2.45, 2.75) is 44.3 Å². The Morgan fingerprint density at radius 1 is 1.36 bits per heavy atom. The van der Waals surface area contributed by atoms with Gasteiger partial charge in [-0.2, -0.15) is 0 Å². The first-order chi connectivity index (χ1) is 10.3. The number of carboxylic acid groups (broad SMARTS) is 1. The van der Waals surface area contributed by atoms with Gasteiger partial charge in [0.2, 0.25) is 0 Å². The molecule has 0 aliphatic carbocycles. The van der Waals surface area contributed by atoms with Crippen LogP contribution in [0.1, 0.15) is 38.3 Å². The fourth-order valence-electron chi connectivity index (χ4n) is 3.54. The molecule has 1 N–H and O–H groups in total. The van der Waals surface area contributed by atoms with Crippen LogP contribution in [0.2, 0.25) is 0 Å². The monoisotopic (exact) mass is 305 g/mol. The summed E-state index contributed by atoms with van der Waals surface area (Å²) in [4.78, 5) is 12.7. The highest BCUT2D eigenvalue weighted by molar-refractivity contribution is 5.65. The lowest BCUT2D eigenvalue weighted by Crippen LogP contribution is -2.53. The van der Waals surface area contributed by atoms with Gasteiger partial charge in [0.1, 0.15) is 18.5 Å². The van der Waals surface area contributed by atoms with E-state index in [4.69, 9.17) is 9.47 Å². The van der Waals surface area contributed by atoms with Crippen LogP contribution in [0.25, 0.3) is 0 Å². The molecule has 120 valence electrons. The fourth-order valence-corrected chi connectivity index (χ4v) is 3.54. The number of rotatable bonds is 1. The predicted molar refractivity (Wildman–Crippen MR) is 81.9 cm³/mol. The van der Waals surface area contributed by atoms with E-state index in [1.54, 1.807) is 0 Å². The van der Waals surface area contributed by atoms with Crippen LogP contribution in [0.15, 0.2) is 24.3 Å². The Bertz CT molecular complexity index is 580. The van der Waals surface area contributed by atoms with Gasteiger partial charge in [0, 0.05) is 13.0 Å². The number of amides is 1. The van der Waals surface area contributed by atoms with Gasteiger partial charge in [-0.25, -0.2) is 4.79 Å². The first kappa shape index (κ1) is 15.3. The van der Waals surface area contributed by atoms with E-state index in [0.717, 1.165) is 5.56 Å². The molecule has 1 aromatic carbocycles. The molecule has 1 amide bonds. The minimum absolute atomic E-state index is 0.00816. The van der Waals surface area contributed by atoms with E-state index >= 15 is 0 Å². The maximum absolute atomic E-state index is 11.2. The average molecular weight is 305 g/mol. The van der Waals surface area contributed by atoms with Gasteiger partial charge in [0.15, 0.2) is 0 Å². The number of carbonyl (C=O) groups is 1. The maximum Gasteiger partial charge on any atom is 0.407 e. The summed E-state index contributed by atoms with van der Waals surface area (Å²) in [5.74, 6) is 0. The quantitative estimate of drug-likeness (QED) is 0.866. The van der Waals surface area contributed by atoms with Crippen LogP contribution in [0.5, 0.6) is 0 Å². The minimum Gasteiger partial charge on any atom is -0.465 e. The molecule has 2 atom stereocenters. The molecule has 2 aliphatic heterocycles. The molecule has 2 aliphatic rings. The zero-order chi connectivity index (χ0) is 16.0. The van der Waals surface area contributed by atoms with Crippen molar-refractivity contribution in [3.05, 3.63) is 35.4 Å². The molecular weight excluding hydrogens is 282 g/mol. The van der Waals surface area contributed by atoms with E-state index in [0.29, 0.717) is 19.5 Å². The lowest BCUT2D eigenvalue weighted by Gasteiger charge is -2.43. The first-order valence-corrected chi connectivity index (χ1v) is 7.68. The van der Waals surface area contributed by atoms with Crippen LogP contribution in [0.4, 0.5) is 4.79 Å². The summed E-state index contributed by atoms with van der Waals surface area (Å²) in [5.41, 5.74) is 1.83. The van der Waals surface area contributed by atoms with Gasteiger partial charge in [-0.05, 0) is 16.5 Å². The second kappa shape index (κ2) is 5.25. The molecule has 2 heterocycles. The number of piperidine rings is 1. The Morgan fingerprint density at radius 3 is 2.77 bits per heavy atom. The lowest BCUT2D eigenvalue weighted by molar-refractivity contribution is -0.0457. The Kier molecular flexibility index (Phi) is 3.65. The molecule has 5 nitrogen and oxygen atoms in total. The third-order valence-corrected chi connectivity index (χ3v) is 4.71. The molecule has 2 saturated heterocycles. The van der Waals surface area contributed by atoms with Gasteiger partial charge < -0.3 is 19.5 Å². The van der Waals surface area contributed by atoms with Crippen LogP contribution >= 0.6 is 0 Å². The number of likely N-dealkylation sites (tertiary alicyclic amines) is 1. The van der Waals surface area contributed by atoms with Gasteiger partial charge in [0.05, 0.1) is 6.54 Å². The molecule has 0 bridgehead atoms. The minimum atomic E-state index is -0.895. The van der Waals surface area contributed by atoms with Gasteiger partial charge >= 0.3 is 6.09 Å².